The van der Waals surface area contributed by atoms with Crippen LogP contribution in [0.15, 0.2) is 16.9 Å². The maximum atomic E-state index is 12.2. The number of likely N-dealkylation sites (tertiary alicyclic amines) is 1. The van der Waals surface area contributed by atoms with Crippen LogP contribution in [-0.2, 0) is 0 Å². The van der Waals surface area contributed by atoms with Crippen LogP contribution in [0.4, 0.5) is 0 Å². The summed E-state index contributed by atoms with van der Waals surface area (Å²) in [7, 11) is 0. The number of carbonyl (C=O) groups is 1. The Morgan fingerprint density at radius 2 is 2.24 bits per heavy atom. The average molecular weight is 235 g/mol. The number of nitrogens with zero attached hydrogens (tertiary/aromatic N) is 2. The molecule has 0 aliphatic carbocycles. The third-order valence-corrected chi connectivity index (χ3v) is 3.30. The molecule has 2 rings (SSSR count). The summed E-state index contributed by atoms with van der Waals surface area (Å²) in [6, 6.07) is 3.05. The molecule has 1 saturated heterocycles. The molecule has 0 radical (unpaired) electrons. The lowest BCUT2D eigenvalue weighted by atomic mass is 9.93. The summed E-state index contributed by atoms with van der Waals surface area (Å²) in [5, 5.41) is 6.07. The molecule has 2 heterocycles. The molecule has 2 unspecified atom stereocenters. The van der Waals surface area contributed by atoms with Crippen molar-refractivity contribution in [2.75, 3.05) is 6.54 Å². The van der Waals surface area contributed by atoms with Gasteiger partial charge in [-0.15, -0.1) is 0 Å². The molecule has 0 bridgehead atoms. The summed E-state index contributed by atoms with van der Waals surface area (Å²) in [4.78, 5) is 24.9. The van der Waals surface area contributed by atoms with E-state index in [1.807, 2.05) is 4.90 Å². The van der Waals surface area contributed by atoms with Gasteiger partial charge in [-0.2, -0.15) is 5.10 Å². The van der Waals surface area contributed by atoms with Crippen molar-refractivity contribution in [1.29, 1.82) is 0 Å². The minimum absolute atomic E-state index is 0.0966. The number of H-pyrrole nitrogens is 1. The van der Waals surface area contributed by atoms with Crippen LogP contribution in [0.2, 0.25) is 0 Å². The molecule has 0 saturated carbocycles. The minimum atomic E-state index is -0.290. The molecule has 1 N–H and O–H groups in total. The summed E-state index contributed by atoms with van der Waals surface area (Å²) >= 11 is 0. The Balaban J connectivity index is 2.14. The highest BCUT2D eigenvalue weighted by molar-refractivity contribution is 5.92. The summed E-state index contributed by atoms with van der Waals surface area (Å²) in [5.41, 5.74) is 0.0212. The highest BCUT2D eigenvalue weighted by atomic mass is 16.2. The first-order valence-electron chi connectivity index (χ1n) is 5.94. The van der Waals surface area contributed by atoms with E-state index in [2.05, 4.69) is 24.0 Å². The molecule has 1 aliphatic heterocycles. The third-order valence-electron chi connectivity index (χ3n) is 3.30. The van der Waals surface area contributed by atoms with Crippen molar-refractivity contribution in [2.24, 2.45) is 5.92 Å². The van der Waals surface area contributed by atoms with Gasteiger partial charge in [0.25, 0.3) is 11.5 Å². The van der Waals surface area contributed by atoms with Crippen LogP contribution in [0.5, 0.6) is 0 Å². The van der Waals surface area contributed by atoms with Gasteiger partial charge in [0.2, 0.25) is 0 Å². The number of amides is 1. The number of aromatic amines is 1. The number of carbonyl (C=O) groups excluding carboxylic acids is 1. The van der Waals surface area contributed by atoms with Crippen molar-refractivity contribution in [1.82, 2.24) is 15.1 Å². The maximum Gasteiger partial charge on any atom is 0.274 e. The van der Waals surface area contributed by atoms with Gasteiger partial charge in [0.15, 0.2) is 0 Å². The van der Waals surface area contributed by atoms with Gasteiger partial charge in [-0.1, -0.05) is 6.92 Å². The Labute approximate surface area is 99.8 Å². The first-order chi connectivity index (χ1) is 8.08. The molecule has 5 heteroatoms. The molecule has 92 valence electrons. The first-order valence-corrected chi connectivity index (χ1v) is 5.94. The summed E-state index contributed by atoms with van der Waals surface area (Å²) in [6.45, 7) is 5.03. The van der Waals surface area contributed by atoms with Crippen LogP contribution in [0.3, 0.4) is 0 Å². The van der Waals surface area contributed by atoms with E-state index < -0.39 is 0 Å². The fraction of sp³-hybridized carbons (Fsp3) is 0.583. The number of rotatable bonds is 1. The Kier molecular flexibility index (Phi) is 3.26. The number of nitrogens with one attached hydrogen (secondary N) is 1. The number of hydrogen-bond donors (Lipinski definition) is 1. The molecule has 5 nitrogen and oxygen atoms in total. The van der Waals surface area contributed by atoms with Gasteiger partial charge in [0, 0.05) is 18.7 Å². The Morgan fingerprint density at radius 1 is 1.47 bits per heavy atom. The lowest BCUT2D eigenvalue weighted by Gasteiger charge is -2.36. The van der Waals surface area contributed by atoms with Crippen LogP contribution in [0.25, 0.3) is 0 Å². The molecule has 1 fully saturated rings. The molecule has 0 spiro atoms. The molecule has 1 aromatic rings. The van der Waals surface area contributed by atoms with E-state index in [9.17, 15) is 9.59 Å². The minimum Gasteiger partial charge on any atom is -0.335 e. The second kappa shape index (κ2) is 4.69. The highest BCUT2D eigenvalue weighted by Crippen LogP contribution is 2.23. The quantitative estimate of drug-likeness (QED) is 0.790. The molecular weight excluding hydrogens is 218 g/mol. The fourth-order valence-electron chi connectivity index (χ4n) is 2.32. The van der Waals surface area contributed by atoms with E-state index in [1.165, 1.54) is 12.1 Å². The van der Waals surface area contributed by atoms with Crippen molar-refractivity contribution < 1.29 is 4.79 Å². The van der Waals surface area contributed by atoms with Crippen LogP contribution < -0.4 is 5.56 Å². The second-order valence-corrected chi connectivity index (χ2v) is 4.78. The van der Waals surface area contributed by atoms with Crippen LogP contribution >= 0.6 is 0 Å². The Hall–Kier alpha value is -1.65. The lowest BCUT2D eigenvalue weighted by molar-refractivity contribution is 0.0581. The average Bonchev–Trinajstić information content (AvgIpc) is 2.29. The number of aromatic nitrogens is 2. The third kappa shape index (κ3) is 2.54. The topological polar surface area (TPSA) is 66.1 Å². The van der Waals surface area contributed by atoms with E-state index >= 15 is 0 Å². The van der Waals surface area contributed by atoms with Gasteiger partial charge < -0.3 is 4.90 Å². The van der Waals surface area contributed by atoms with Gasteiger partial charge in [-0.25, -0.2) is 5.10 Å². The zero-order valence-corrected chi connectivity index (χ0v) is 10.1. The van der Waals surface area contributed by atoms with E-state index in [4.69, 9.17) is 0 Å². The summed E-state index contributed by atoms with van der Waals surface area (Å²) in [5.74, 6) is 0.568. The fourth-order valence-corrected chi connectivity index (χ4v) is 2.32. The van der Waals surface area contributed by atoms with Crippen molar-refractivity contribution in [3.8, 4) is 0 Å². The van der Waals surface area contributed by atoms with Gasteiger partial charge in [-0.05, 0) is 31.7 Å². The van der Waals surface area contributed by atoms with E-state index in [0.29, 0.717) is 11.6 Å². The van der Waals surface area contributed by atoms with Crippen LogP contribution in [0.1, 0.15) is 37.2 Å². The number of piperidine rings is 1. The van der Waals surface area contributed by atoms with Gasteiger partial charge in [-0.3, -0.25) is 9.59 Å². The van der Waals surface area contributed by atoms with Gasteiger partial charge in [0.05, 0.1) is 0 Å². The monoisotopic (exact) mass is 235 g/mol. The van der Waals surface area contributed by atoms with Gasteiger partial charge >= 0.3 is 0 Å². The van der Waals surface area contributed by atoms with Crippen molar-refractivity contribution in [2.45, 2.75) is 32.7 Å². The molecule has 2 atom stereocenters. The highest BCUT2D eigenvalue weighted by Gasteiger charge is 2.28. The van der Waals surface area contributed by atoms with Gasteiger partial charge in [0.1, 0.15) is 5.69 Å². The Bertz CT molecular complexity index is 449. The lowest BCUT2D eigenvalue weighted by Crippen LogP contribution is -2.44. The van der Waals surface area contributed by atoms with Crippen molar-refractivity contribution >= 4 is 5.91 Å². The molecule has 1 aliphatic rings. The van der Waals surface area contributed by atoms with Crippen LogP contribution in [0, 0.1) is 5.92 Å². The number of hydrogen-bond acceptors (Lipinski definition) is 3. The summed E-state index contributed by atoms with van der Waals surface area (Å²) < 4.78 is 0. The van der Waals surface area contributed by atoms with E-state index in [0.717, 1.165) is 19.4 Å². The predicted octanol–water partition coefficient (Wildman–Crippen LogP) is 1.03. The SMILES string of the molecule is CC1CCN(C(=O)c2ccc(=O)[nH]n2)C(C)C1. The summed E-state index contributed by atoms with van der Waals surface area (Å²) in [6.07, 6.45) is 2.05. The standard InChI is InChI=1S/C12H17N3O2/c1-8-5-6-15(9(2)7-8)12(17)10-3-4-11(16)14-13-10/h3-4,8-9H,5-7H2,1-2H3,(H,14,16). The predicted molar refractivity (Wildman–Crippen MR) is 63.8 cm³/mol. The zero-order chi connectivity index (χ0) is 12.4. The molecule has 1 amide bonds. The molecule has 1 aromatic heterocycles. The van der Waals surface area contributed by atoms with E-state index in [-0.39, 0.29) is 17.5 Å². The zero-order valence-electron chi connectivity index (χ0n) is 10.1. The second-order valence-electron chi connectivity index (χ2n) is 4.78. The molecule has 0 aromatic carbocycles. The largest absolute Gasteiger partial charge is 0.335 e. The smallest absolute Gasteiger partial charge is 0.274 e. The Morgan fingerprint density at radius 3 is 2.82 bits per heavy atom. The van der Waals surface area contributed by atoms with Crippen molar-refractivity contribution in [3.05, 3.63) is 28.2 Å². The van der Waals surface area contributed by atoms with Crippen molar-refractivity contribution in [3.63, 3.8) is 0 Å². The maximum absolute atomic E-state index is 12.2. The van der Waals surface area contributed by atoms with E-state index in [1.54, 1.807) is 0 Å². The molecule has 17 heavy (non-hydrogen) atoms. The molecular formula is C12H17N3O2. The van der Waals surface area contributed by atoms with Crippen LogP contribution in [-0.4, -0.2) is 33.6 Å². The normalized spacial score (nSPS) is 24.7. The first kappa shape index (κ1) is 11.8.